The molecule has 1 saturated heterocycles. The number of hydrogen-bond donors (Lipinski definition) is 1. The van der Waals surface area contributed by atoms with E-state index in [2.05, 4.69) is 34.3 Å². The zero-order chi connectivity index (χ0) is 12.1. The SMILES string of the molecule is CCCOCc1nc(C2CNCCN2C)no1.Cl. The van der Waals surface area contributed by atoms with Crippen LogP contribution in [0, 0.1) is 0 Å². The van der Waals surface area contributed by atoms with Crippen molar-refractivity contribution in [3.8, 4) is 0 Å². The Bertz CT molecular complexity index is 348. The average Bonchev–Trinajstić information content (AvgIpc) is 2.79. The molecule has 104 valence electrons. The number of hydrogen-bond acceptors (Lipinski definition) is 6. The van der Waals surface area contributed by atoms with Crippen molar-refractivity contribution in [2.45, 2.75) is 26.0 Å². The van der Waals surface area contributed by atoms with E-state index in [1.54, 1.807) is 0 Å². The molecule has 1 aliphatic rings. The molecule has 1 N–H and O–H groups in total. The molecule has 0 amide bonds. The van der Waals surface area contributed by atoms with Crippen LogP contribution < -0.4 is 5.32 Å². The van der Waals surface area contributed by atoms with Gasteiger partial charge < -0.3 is 14.6 Å². The highest BCUT2D eigenvalue weighted by atomic mass is 35.5. The van der Waals surface area contributed by atoms with E-state index in [9.17, 15) is 0 Å². The minimum Gasteiger partial charge on any atom is -0.372 e. The Labute approximate surface area is 113 Å². The van der Waals surface area contributed by atoms with Crippen LogP contribution >= 0.6 is 12.4 Å². The van der Waals surface area contributed by atoms with Crippen molar-refractivity contribution in [1.82, 2.24) is 20.4 Å². The molecule has 7 heteroatoms. The van der Waals surface area contributed by atoms with Gasteiger partial charge >= 0.3 is 0 Å². The molecule has 1 fully saturated rings. The Balaban J connectivity index is 0.00000162. The van der Waals surface area contributed by atoms with Crippen molar-refractivity contribution in [2.24, 2.45) is 0 Å². The third-order valence-corrected chi connectivity index (χ3v) is 2.87. The number of piperazine rings is 1. The van der Waals surface area contributed by atoms with Gasteiger partial charge in [-0.05, 0) is 13.5 Å². The van der Waals surface area contributed by atoms with Crippen LogP contribution in [0.15, 0.2) is 4.52 Å². The van der Waals surface area contributed by atoms with Crippen LogP contribution in [0.4, 0.5) is 0 Å². The Hall–Kier alpha value is -0.690. The van der Waals surface area contributed by atoms with Gasteiger partial charge in [0.1, 0.15) is 6.61 Å². The molecule has 0 aliphatic carbocycles. The molecular weight excluding hydrogens is 256 g/mol. The lowest BCUT2D eigenvalue weighted by Gasteiger charge is -2.30. The van der Waals surface area contributed by atoms with Crippen molar-refractivity contribution in [2.75, 3.05) is 33.3 Å². The van der Waals surface area contributed by atoms with E-state index in [1.165, 1.54) is 0 Å². The van der Waals surface area contributed by atoms with Gasteiger partial charge in [0.15, 0.2) is 5.82 Å². The van der Waals surface area contributed by atoms with E-state index in [-0.39, 0.29) is 18.4 Å². The lowest BCUT2D eigenvalue weighted by Crippen LogP contribution is -2.44. The summed E-state index contributed by atoms with van der Waals surface area (Å²) in [4.78, 5) is 6.61. The number of aromatic nitrogens is 2. The number of likely N-dealkylation sites (N-methyl/N-ethyl adjacent to an activating group) is 1. The fourth-order valence-corrected chi connectivity index (χ4v) is 1.86. The maximum Gasteiger partial charge on any atom is 0.252 e. The minimum atomic E-state index is 0. The smallest absolute Gasteiger partial charge is 0.252 e. The quantitative estimate of drug-likeness (QED) is 0.810. The number of nitrogens with zero attached hydrogens (tertiary/aromatic N) is 3. The molecule has 2 rings (SSSR count). The Morgan fingerprint density at radius 1 is 1.56 bits per heavy atom. The van der Waals surface area contributed by atoms with Crippen LogP contribution in [-0.2, 0) is 11.3 Å². The highest BCUT2D eigenvalue weighted by Gasteiger charge is 2.25. The van der Waals surface area contributed by atoms with Gasteiger partial charge in [-0.15, -0.1) is 12.4 Å². The van der Waals surface area contributed by atoms with Gasteiger partial charge in [0, 0.05) is 26.2 Å². The molecule has 0 aromatic carbocycles. The van der Waals surface area contributed by atoms with Gasteiger partial charge in [0.2, 0.25) is 0 Å². The highest BCUT2D eigenvalue weighted by molar-refractivity contribution is 5.85. The van der Waals surface area contributed by atoms with E-state index in [0.717, 1.165) is 38.5 Å². The van der Waals surface area contributed by atoms with E-state index >= 15 is 0 Å². The maximum absolute atomic E-state index is 5.37. The molecule has 1 atom stereocenters. The zero-order valence-electron chi connectivity index (χ0n) is 10.9. The molecular formula is C11H21ClN4O2. The minimum absolute atomic E-state index is 0. The maximum atomic E-state index is 5.37. The van der Waals surface area contributed by atoms with Gasteiger partial charge in [-0.2, -0.15) is 4.98 Å². The lowest BCUT2D eigenvalue weighted by molar-refractivity contribution is 0.0981. The molecule has 6 nitrogen and oxygen atoms in total. The largest absolute Gasteiger partial charge is 0.372 e. The second kappa shape index (κ2) is 7.68. The summed E-state index contributed by atoms with van der Waals surface area (Å²) in [7, 11) is 2.08. The van der Waals surface area contributed by atoms with Crippen LogP contribution in [0.5, 0.6) is 0 Å². The van der Waals surface area contributed by atoms with Crippen LogP contribution in [0.25, 0.3) is 0 Å². The predicted molar refractivity (Wildman–Crippen MR) is 69.7 cm³/mol. The monoisotopic (exact) mass is 276 g/mol. The molecule has 1 aliphatic heterocycles. The fourth-order valence-electron chi connectivity index (χ4n) is 1.86. The molecule has 1 unspecified atom stereocenters. The first-order chi connectivity index (χ1) is 8.31. The third kappa shape index (κ3) is 3.91. The first-order valence-corrected chi connectivity index (χ1v) is 6.12. The molecule has 0 radical (unpaired) electrons. The second-order valence-corrected chi connectivity index (χ2v) is 4.30. The molecule has 0 saturated carbocycles. The van der Waals surface area contributed by atoms with E-state index in [4.69, 9.17) is 9.26 Å². The van der Waals surface area contributed by atoms with Crippen LogP contribution in [-0.4, -0.2) is 48.3 Å². The zero-order valence-corrected chi connectivity index (χ0v) is 11.7. The van der Waals surface area contributed by atoms with Crippen LogP contribution in [0.1, 0.15) is 31.1 Å². The topological polar surface area (TPSA) is 63.4 Å². The summed E-state index contributed by atoms with van der Waals surface area (Å²) >= 11 is 0. The standard InChI is InChI=1S/C11H20N4O2.ClH/c1-3-6-16-8-10-13-11(14-17-10)9-7-12-4-5-15(9)2;/h9,12H,3-8H2,1-2H3;1H. The van der Waals surface area contributed by atoms with Crippen LogP contribution in [0.3, 0.4) is 0 Å². The highest BCUT2D eigenvalue weighted by Crippen LogP contribution is 2.17. The molecule has 0 spiro atoms. The summed E-state index contributed by atoms with van der Waals surface area (Å²) in [6.07, 6.45) is 0.996. The van der Waals surface area contributed by atoms with Gasteiger partial charge in [-0.3, -0.25) is 4.90 Å². The van der Waals surface area contributed by atoms with E-state index in [0.29, 0.717) is 12.5 Å². The first kappa shape index (κ1) is 15.4. The number of nitrogens with one attached hydrogen (secondary N) is 1. The van der Waals surface area contributed by atoms with Crippen molar-refractivity contribution < 1.29 is 9.26 Å². The predicted octanol–water partition coefficient (Wildman–Crippen LogP) is 0.994. The van der Waals surface area contributed by atoms with Crippen molar-refractivity contribution in [1.29, 1.82) is 0 Å². The van der Waals surface area contributed by atoms with Gasteiger partial charge in [0.25, 0.3) is 5.89 Å². The summed E-state index contributed by atoms with van der Waals surface area (Å²) in [5.74, 6) is 1.31. The lowest BCUT2D eigenvalue weighted by atomic mass is 10.2. The molecule has 1 aromatic heterocycles. The van der Waals surface area contributed by atoms with Gasteiger partial charge in [0.05, 0.1) is 6.04 Å². The van der Waals surface area contributed by atoms with Crippen LogP contribution in [0.2, 0.25) is 0 Å². The van der Waals surface area contributed by atoms with Gasteiger partial charge in [-0.25, -0.2) is 0 Å². The average molecular weight is 277 g/mol. The fraction of sp³-hybridized carbons (Fsp3) is 0.818. The van der Waals surface area contributed by atoms with E-state index < -0.39 is 0 Å². The van der Waals surface area contributed by atoms with Crippen molar-refractivity contribution in [3.05, 3.63) is 11.7 Å². The summed E-state index contributed by atoms with van der Waals surface area (Å²) in [6, 6.07) is 0.201. The summed E-state index contributed by atoms with van der Waals surface area (Å²) in [5, 5.41) is 7.35. The number of rotatable bonds is 5. The normalized spacial score (nSPS) is 20.7. The Morgan fingerprint density at radius 3 is 3.11 bits per heavy atom. The molecule has 1 aromatic rings. The van der Waals surface area contributed by atoms with Crippen molar-refractivity contribution >= 4 is 12.4 Å². The second-order valence-electron chi connectivity index (χ2n) is 4.30. The number of ether oxygens (including phenoxy) is 1. The molecule has 18 heavy (non-hydrogen) atoms. The Morgan fingerprint density at radius 2 is 2.39 bits per heavy atom. The first-order valence-electron chi connectivity index (χ1n) is 6.12. The Kier molecular flexibility index (Phi) is 6.56. The third-order valence-electron chi connectivity index (χ3n) is 2.87. The molecule has 0 bridgehead atoms. The van der Waals surface area contributed by atoms with Gasteiger partial charge in [-0.1, -0.05) is 12.1 Å². The van der Waals surface area contributed by atoms with E-state index in [1.807, 2.05) is 0 Å². The van der Waals surface area contributed by atoms with Crippen molar-refractivity contribution in [3.63, 3.8) is 0 Å². The molecule has 2 heterocycles. The summed E-state index contributed by atoms with van der Waals surface area (Å²) in [6.45, 7) is 6.08. The number of halogens is 1. The summed E-state index contributed by atoms with van der Waals surface area (Å²) in [5.41, 5.74) is 0. The summed E-state index contributed by atoms with van der Waals surface area (Å²) < 4.78 is 10.5.